The molecular weight excluding hydrogens is 530 g/mol. The van der Waals surface area contributed by atoms with Gasteiger partial charge in [-0.05, 0) is 61.4 Å². The van der Waals surface area contributed by atoms with Crippen LogP contribution in [0.2, 0.25) is 0 Å². The Bertz CT molecular complexity index is 1910. The average molecular weight is 558 g/mol. The number of benzene rings is 3. The molecule has 0 N–H and O–H groups in total. The molecule has 3 aromatic heterocycles. The molecule has 0 spiro atoms. The summed E-state index contributed by atoms with van der Waals surface area (Å²) in [5.41, 5.74) is 6.94. The summed E-state index contributed by atoms with van der Waals surface area (Å²) in [6.45, 7) is 3.98. The zero-order valence-corrected chi connectivity index (χ0v) is 23.3. The van der Waals surface area contributed by atoms with Crippen molar-refractivity contribution < 1.29 is 14.3 Å². The Hall–Kier alpha value is -5.51. The van der Waals surface area contributed by atoms with Crippen LogP contribution in [0.15, 0.2) is 96.4 Å². The zero-order valence-electron chi connectivity index (χ0n) is 23.3. The first kappa shape index (κ1) is 25.5. The van der Waals surface area contributed by atoms with Crippen LogP contribution in [-0.2, 0) is 11.4 Å². The summed E-state index contributed by atoms with van der Waals surface area (Å²) in [4.78, 5) is 15.2. The lowest BCUT2D eigenvalue weighted by Gasteiger charge is -2.26. The van der Waals surface area contributed by atoms with Gasteiger partial charge in [-0.2, -0.15) is 5.10 Å². The van der Waals surface area contributed by atoms with Crippen LogP contribution in [0, 0.1) is 6.92 Å². The highest BCUT2D eigenvalue weighted by molar-refractivity contribution is 5.98. The van der Waals surface area contributed by atoms with Crippen LogP contribution in [0.25, 0.3) is 11.3 Å². The first-order valence-electron chi connectivity index (χ1n) is 13.5. The number of hydrogen-bond donors (Lipinski definition) is 0. The molecule has 3 aromatic carbocycles. The van der Waals surface area contributed by atoms with Gasteiger partial charge in [-0.1, -0.05) is 53.7 Å². The third-order valence-corrected chi connectivity index (χ3v) is 7.30. The topological polar surface area (TPSA) is 101 Å². The van der Waals surface area contributed by atoms with Gasteiger partial charge in [-0.15, -0.1) is 5.10 Å². The van der Waals surface area contributed by atoms with E-state index in [0.29, 0.717) is 23.2 Å². The van der Waals surface area contributed by atoms with Crippen molar-refractivity contribution in [3.63, 3.8) is 0 Å². The first-order chi connectivity index (χ1) is 20.6. The van der Waals surface area contributed by atoms with Gasteiger partial charge in [0.1, 0.15) is 12.1 Å². The van der Waals surface area contributed by atoms with E-state index in [1.807, 2.05) is 91.3 Å². The highest BCUT2D eigenvalue weighted by atomic mass is 16.6. The minimum absolute atomic E-state index is 0.0943. The molecule has 6 aromatic rings. The Morgan fingerprint density at radius 3 is 2.40 bits per heavy atom. The third-order valence-electron chi connectivity index (χ3n) is 7.30. The lowest BCUT2D eigenvalue weighted by molar-refractivity contribution is 0.125. The molecule has 0 saturated carbocycles. The Morgan fingerprint density at radius 1 is 0.929 bits per heavy atom. The van der Waals surface area contributed by atoms with E-state index in [1.54, 1.807) is 18.0 Å². The molecule has 0 amide bonds. The van der Waals surface area contributed by atoms with Crippen molar-refractivity contribution in [2.45, 2.75) is 26.4 Å². The molecule has 10 heteroatoms. The number of methoxy groups -OCH3 is 1. The van der Waals surface area contributed by atoms with Gasteiger partial charge in [0, 0.05) is 0 Å². The first-order valence-corrected chi connectivity index (χ1v) is 13.5. The summed E-state index contributed by atoms with van der Waals surface area (Å²) in [6, 6.07) is 27.8. The highest BCUT2D eigenvalue weighted by Crippen LogP contribution is 2.49. The average Bonchev–Trinajstić information content (AvgIpc) is 3.61. The fourth-order valence-corrected chi connectivity index (χ4v) is 5.28. The number of nitrogens with zero attached hydrogens (tertiary/aromatic N) is 7. The van der Waals surface area contributed by atoms with E-state index < -0.39 is 0 Å². The number of oxime groups is 1. The van der Waals surface area contributed by atoms with Gasteiger partial charge in [0.2, 0.25) is 11.8 Å². The molecule has 1 aliphatic heterocycles. The number of aromatic nitrogens is 6. The van der Waals surface area contributed by atoms with Gasteiger partial charge in [0.25, 0.3) is 0 Å². The summed E-state index contributed by atoms with van der Waals surface area (Å²) >= 11 is 0. The molecular formula is C32H27N7O3. The molecule has 0 radical (unpaired) electrons. The van der Waals surface area contributed by atoms with Gasteiger partial charge < -0.3 is 14.3 Å². The normalized spacial score (nSPS) is 14.3. The Morgan fingerprint density at radius 2 is 1.67 bits per heavy atom. The van der Waals surface area contributed by atoms with E-state index in [4.69, 9.17) is 24.4 Å². The van der Waals surface area contributed by atoms with E-state index in [2.05, 4.69) is 27.4 Å². The molecule has 7 rings (SSSR count). The van der Waals surface area contributed by atoms with Crippen LogP contribution in [0.1, 0.15) is 46.6 Å². The quantitative estimate of drug-likeness (QED) is 0.179. The number of hydrogen-bond acceptors (Lipinski definition) is 8. The number of aryl methyl sites for hydroxylation is 1. The molecule has 0 bridgehead atoms. The molecule has 42 heavy (non-hydrogen) atoms. The largest absolute Gasteiger partial charge is 0.497 e. The van der Waals surface area contributed by atoms with E-state index >= 15 is 0 Å². The zero-order chi connectivity index (χ0) is 28.6. The van der Waals surface area contributed by atoms with Gasteiger partial charge in [-0.3, -0.25) is 0 Å². The van der Waals surface area contributed by atoms with Crippen LogP contribution >= 0.6 is 0 Å². The molecule has 4 heterocycles. The summed E-state index contributed by atoms with van der Waals surface area (Å²) in [5.74, 6) is 2.15. The van der Waals surface area contributed by atoms with E-state index in [9.17, 15) is 0 Å². The molecule has 1 unspecified atom stereocenters. The van der Waals surface area contributed by atoms with Crippen molar-refractivity contribution in [3.05, 3.63) is 125 Å². The molecule has 10 nitrogen and oxygen atoms in total. The Kier molecular flexibility index (Phi) is 6.35. The summed E-state index contributed by atoms with van der Waals surface area (Å²) in [5, 5.41) is 13.8. The second-order valence-corrected chi connectivity index (χ2v) is 9.94. The lowest BCUT2D eigenvalue weighted by Crippen LogP contribution is -2.16. The number of para-hydroxylation sites is 1. The maximum absolute atomic E-state index is 6.48. The predicted octanol–water partition coefficient (Wildman–Crippen LogP) is 5.85. The molecule has 1 aliphatic rings. The van der Waals surface area contributed by atoms with Crippen molar-refractivity contribution in [1.29, 1.82) is 0 Å². The van der Waals surface area contributed by atoms with E-state index in [-0.39, 0.29) is 12.5 Å². The van der Waals surface area contributed by atoms with E-state index in [1.165, 1.54) is 0 Å². The number of fused-ring (bicyclic) bond motifs is 4. The minimum atomic E-state index is -0.216. The summed E-state index contributed by atoms with van der Waals surface area (Å²) in [7, 11) is 1.64. The smallest absolute Gasteiger partial charge is 0.230 e. The number of rotatable bonds is 7. The molecule has 0 saturated heterocycles. The van der Waals surface area contributed by atoms with Crippen LogP contribution < -0.4 is 9.47 Å². The summed E-state index contributed by atoms with van der Waals surface area (Å²) in [6.07, 6.45) is 1.61. The van der Waals surface area contributed by atoms with Crippen molar-refractivity contribution in [2.24, 2.45) is 5.16 Å². The lowest BCUT2D eigenvalue weighted by atomic mass is 9.84. The van der Waals surface area contributed by atoms with Gasteiger partial charge in [-0.25, -0.2) is 19.2 Å². The van der Waals surface area contributed by atoms with E-state index in [0.717, 1.165) is 45.1 Å². The van der Waals surface area contributed by atoms with Crippen LogP contribution in [0.4, 0.5) is 0 Å². The second kappa shape index (κ2) is 10.5. The molecule has 0 aliphatic carbocycles. The highest BCUT2D eigenvalue weighted by Gasteiger charge is 2.38. The monoisotopic (exact) mass is 557 g/mol. The molecule has 0 fully saturated rings. The fraction of sp³-hybridized carbons (Fsp3) is 0.156. The SMILES string of the molecule is COc1ccc(/C(C)=N\OCc2nc3c4c(ncn3n2)Oc2c(c(C)nn2-c2ccccc2)C4c2ccccc2)cc1. The van der Waals surface area contributed by atoms with Gasteiger partial charge in [0.15, 0.2) is 18.1 Å². The summed E-state index contributed by atoms with van der Waals surface area (Å²) < 4.78 is 15.2. The molecule has 1 atom stereocenters. The van der Waals surface area contributed by atoms with Crippen molar-refractivity contribution in [2.75, 3.05) is 7.11 Å². The van der Waals surface area contributed by atoms with Gasteiger partial charge >= 0.3 is 0 Å². The van der Waals surface area contributed by atoms with Crippen molar-refractivity contribution >= 4 is 11.4 Å². The second-order valence-electron chi connectivity index (χ2n) is 9.94. The molecule has 208 valence electrons. The Balaban J connectivity index is 1.26. The van der Waals surface area contributed by atoms with Crippen molar-refractivity contribution in [3.8, 4) is 23.2 Å². The predicted molar refractivity (Wildman–Crippen MR) is 157 cm³/mol. The number of ether oxygens (including phenoxy) is 2. The Labute approximate surface area is 241 Å². The standard InChI is InChI=1S/C32H27N7O3/c1-20(22-14-16-25(40-3)17-15-22)37-41-18-26-34-30-29-28(23-10-6-4-7-11-23)27-21(2)35-39(24-12-8-5-9-13-24)32(27)42-31(29)33-19-38(30)36-26/h4-17,19,28H,18H2,1-3H3/b37-20-. The van der Waals surface area contributed by atoms with Gasteiger partial charge in [0.05, 0.1) is 41.2 Å². The van der Waals surface area contributed by atoms with Crippen molar-refractivity contribution in [1.82, 2.24) is 29.4 Å². The third kappa shape index (κ3) is 4.43. The maximum Gasteiger partial charge on any atom is 0.230 e. The fourth-order valence-electron chi connectivity index (χ4n) is 5.28. The minimum Gasteiger partial charge on any atom is -0.497 e. The maximum atomic E-state index is 6.48. The van der Waals surface area contributed by atoms with Crippen LogP contribution in [-0.4, -0.2) is 42.2 Å². The van der Waals surface area contributed by atoms with Crippen LogP contribution in [0.3, 0.4) is 0 Å². The van der Waals surface area contributed by atoms with Crippen LogP contribution in [0.5, 0.6) is 17.5 Å².